The topological polar surface area (TPSA) is 72.5 Å². The van der Waals surface area contributed by atoms with E-state index >= 15 is 0 Å². The Morgan fingerprint density at radius 2 is 2.08 bits per heavy atom. The number of hydrogen-bond acceptors (Lipinski definition) is 4. The Hall–Kier alpha value is -1.77. The molecule has 1 aliphatic rings. The minimum Gasteiger partial charge on any atom is -0.491 e. The second-order valence-electron chi connectivity index (χ2n) is 5.65. The Kier molecular flexibility index (Phi) is 5.42. The molecule has 1 saturated heterocycles. The molecule has 0 saturated carbocycles. The Balaban J connectivity index is 2.23. The zero-order valence-electron chi connectivity index (χ0n) is 13.0. The quantitative estimate of drug-likeness (QED) is 0.871. The lowest BCUT2D eigenvalue weighted by atomic mass is 10.1. The van der Waals surface area contributed by atoms with Gasteiger partial charge in [0.1, 0.15) is 5.75 Å². The maximum absolute atomic E-state index is 12.9. The van der Waals surface area contributed by atoms with Gasteiger partial charge in [0.05, 0.1) is 35.3 Å². The monoisotopic (exact) mass is 365 g/mol. The Labute approximate surface area is 138 Å². The predicted octanol–water partition coefficient (Wildman–Crippen LogP) is 2.87. The molecule has 1 fully saturated rings. The van der Waals surface area contributed by atoms with Gasteiger partial charge in [-0.25, -0.2) is 8.42 Å². The first kappa shape index (κ1) is 18.6. The van der Waals surface area contributed by atoms with Crippen molar-refractivity contribution in [3.8, 4) is 5.75 Å². The number of nitrogens with one attached hydrogen (secondary N) is 1. The molecule has 2 rings (SSSR count). The van der Waals surface area contributed by atoms with Crippen LogP contribution in [0.25, 0.3) is 0 Å². The number of amides is 1. The lowest BCUT2D eigenvalue weighted by molar-refractivity contribution is -0.137. The highest BCUT2D eigenvalue weighted by Gasteiger charge is 2.34. The molecule has 1 unspecified atom stereocenters. The fourth-order valence-corrected chi connectivity index (χ4v) is 4.12. The Morgan fingerprint density at radius 1 is 1.38 bits per heavy atom. The molecule has 1 N–H and O–H groups in total. The Bertz CT molecular complexity index is 716. The SMILES string of the molecule is CCCOc1ccc(C(F)(F)F)cc1NC(=O)C1CCS(=O)(=O)C1. The van der Waals surface area contributed by atoms with Crippen molar-refractivity contribution in [1.82, 2.24) is 0 Å². The summed E-state index contributed by atoms with van der Waals surface area (Å²) in [6.07, 6.45) is -3.74. The number of carbonyl (C=O) groups is 1. The van der Waals surface area contributed by atoms with Crippen molar-refractivity contribution in [3.05, 3.63) is 23.8 Å². The first-order chi connectivity index (χ1) is 11.1. The fourth-order valence-electron chi connectivity index (χ4n) is 2.38. The molecule has 9 heteroatoms. The summed E-state index contributed by atoms with van der Waals surface area (Å²) in [4.78, 5) is 12.2. The summed E-state index contributed by atoms with van der Waals surface area (Å²) < 4.78 is 66.8. The van der Waals surface area contributed by atoms with E-state index in [0.29, 0.717) is 6.42 Å². The van der Waals surface area contributed by atoms with Crippen LogP contribution in [0.4, 0.5) is 18.9 Å². The largest absolute Gasteiger partial charge is 0.491 e. The number of hydrogen-bond donors (Lipinski definition) is 1. The average Bonchev–Trinajstić information content (AvgIpc) is 2.85. The number of benzene rings is 1. The maximum atomic E-state index is 12.9. The van der Waals surface area contributed by atoms with Crippen LogP contribution in [0.3, 0.4) is 0 Å². The van der Waals surface area contributed by atoms with Crippen LogP contribution in [0.5, 0.6) is 5.75 Å². The number of rotatable bonds is 5. The number of anilines is 1. The normalized spacial score (nSPS) is 19.9. The van der Waals surface area contributed by atoms with E-state index in [-0.39, 0.29) is 36.0 Å². The van der Waals surface area contributed by atoms with Gasteiger partial charge < -0.3 is 10.1 Å². The molecular formula is C15H18F3NO4S. The van der Waals surface area contributed by atoms with Crippen LogP contribution in [0.2, 0.25) is 0 Å². The van der Waals surface area contributed by atoms with Crippen LogP contribution in [0, 0.1) is 5.92 Å². The van der Waals surface area contributed by atoms with Gasteiger partial charge in [0.25, 0.3) is 0 Å². The lowest BCUT2D eigenvalue weighted by Gasteiger charge is -2.16. The molecule has 5 nitrogen and oxygen atoms in total. The number of alkyl halides is 3. The molecule has 1 heterocycles. The summed E-state index contributed by atoms with van der Waals surface area (Å²) in [5.74, 6) is -1.63. The van der Waals surface area contributed by atoms with Crippen LogP contribution in [0.1, 0.15) is 25.3 Å². The number of carbonyl (C=O) groups excluding carboxylic acids is 1. The van der Waals surface area contributed by atoms with E-state index in [4.69, 9.17) is 4.74 Å². The summed E-state index contributed by atoms with van der Waals surface area (Å²) in [5.41, 5.74) is -1.02. The predicted molar refractivity (Wildman–Crippen MR) is 82.6 cm³/mol. The molecule has 1 aromatic carbocycles. The van der Waals surface area contributed by atoms with Crippen molar-refractivity contribution < 1.29 is 31.1 Å². The lowest BCUT2D eigenvalue weighted by Crippen LogP contribution is -2.24. The van der Waals surface area contributed by atoms with Gasteiger partial charge in [-0.1, -0.05) is 6.92 Å². The molecule has 1 aromatic rings. The van der Waals surface area contributed by atoms with Gasteiger partial charge in [-0.05, 0) is 31.0 Å². The second-order valence-corrected chi connectivity index (χ2v) is 7.88. The third kappa shape index (κ3) is 4.62. The third-order valence-corrected chi connectivity index (χ3v) is 5.40. The first-order valence-electron chi connectivity index (χ1n) is 7.47. The Morgan fingerprint density at radius 3 is 2.62 bits per heavy atom. The average molecular weight is 365 g/mol. The van der Waals surface area contributed by atoms with Gasteiger partial charge >= 0.3 is 6.18 Å². The summed E-state index contributed by atoms with van der Waals surface area (Å²) in [6.45, 7) is 2.12. The molecule has 0 aromatic heterocycles. The molecule has 1 atom stereocenters. The first-order valence-corrected chi connectivity index (χ1v) is 9.30. The number of ether oxygens (including phenoxy) is 1. The molecule has 0 bridgehead atoms. The van der Waals surface area contributed by atoms with Gasteiger partial charge in [0, 0.05) is 0 Å². The highest BCUT2D eigenvalue weighted by Crippen LogP contribution is 2.35. The summed E-state index contributed by atoms with van der Waals surface area (Å²) in [5, 5.41) is 2.38. The molecule has 134 valence electrons. The van der Waals surface area contributed by atoms with Crippen LogP contribution in [-0.2, 0) is 20.8 Å². The number of halogens is 3. The van der Waals surface area contributed by atoms with Crippen molar-refractivity contribution >= 4 is 21.4 Å². The standard InChI is InChI=1S/C15H18F3NO4S/c1-2-6-23-13-4-3-11(15(16,17)18)8-12(13)19-14(20)10-5-7-24(21,22)9-10/h3-4,8,10H,2,5-7,9H2,1H3,(H,19,20). The van der Waals surface area contributed by atoms with Crippen LogP contribution >= 0.6 is 0 Å². The number of sulfone groups is 1. The highest BCUT2D eigenvalue weighted by molar-refractivity contribution is 7.91. The summed E-state index contributed by atoms with van der Waals surface area (Å²) >= 11 is 0. The molecule has 0 spiro atoms. The van der Waals surface area contributed by atoms with Crippen molar-refractivity contribution in [2.45, 2.75) is 25.9 Å². The minimum absolute atomic E-state index is 0.0904. The molecule has 0 aliphatic carbocycles. The fraction of sp³-hybridized carbons (Fsp3) is 0.533. The van der Waals surface area contributed by atoms with Gasteiger partial charge in [0.2, 0.25) is 5.91 Å². The van der Waals surface area contributed by atoms with Crippen LogP contribution in [-0.4, -0.2) is 32.4 Å². The van der Waals surface area contributed by atoms with E-state index < -0.39 is 33.4 Å². The maximum Gasteiger partial charge on any atom is 0.416 e. The van der Waals surface area contributed by atoms with Gasteiger partial charge in [-0.15, -0.1) is 0 Å². The molecule has 1 amide bonds. The molecule has 0 radical (unpaired) electrons. The second kappa shape index (κ2) is 7.00. The smallest absolute Gasteiger partial charge is 0.416 e. The summed E-state index contributed by atoms with van der Waals surface area (Å²) in [6, 6.07) is 2.83. The van der Waals surface area contributed by atoms with Gasteiger partial charge in [-0.2, -0.15) is 13.2 Å². The molecular weight excluding hydrogens is 347 g/mol. The van der Waals surface area contributed by atoms with Crippen molar-refractivity contribution in [2.75, 3.05) is 23.4 Å². The molecule has 1 aliphatic heterocycles. The van der Waals surface area contributed by atoms with Crippen LogP contribution < -0.4 is 10.1 Å². The van der Waals surface area contributed by atoms with E-state index in [2.05, 4.69) is 5.32 Å². The summed E-state index contributed by atoms with van der Waals surface area (Å²) in [7, 11) is -3.26. The van der Waals surface area contributed by atoms with Crippen molar-refractivity contribution in [3.63, 3.8) is 0 Å². The van der Waals surface area contributed by atoms with Crippen molar-refractivity contribution in [2.24, 2.45) is 5.92 Å². The van der Waals surface area contributed by atoms with Crippen LogP contribution in [0.15, 0.2) is 18.2 Å². The van der Waals surface area contributed by atoms with Gasteiger partial charge in [-0.3, -0.25) is 4.79 Å². The zero-order chi connectivity index (χ0) is 18.0. The van der Waals surface area contributed by atoms with E-state index in [0.717, 1.165) is 18.2 Å². The van der Waals surface area contributed by atoms with E-state index in [1.165, 1.54) is 0 Å². The van der Waals surface area contributed by atoms with E-state index in [1.54, 1.807) is 0 Å². The third-order valence-electron chi connectivity index (χ3n) is 3.63. The highest BCUT2D eigenvalue weighted by atomic mass is 32.2. The zero-order valence-corrected chi connectivity index (χ0v) is 13.8. The van der Waals surface area contributed by atoms with Gasteiger partial charge in [0.15, 0.2) is 9.84 Å². The van der Waals surface area contributed by atoms with E-state index in [9.17, 15) is 26.4 Å². The van der Waals surface area contributed by atoms with E-state index in [1.807, 2.05) is 6.92 Å². The molecule has 24 heavy (non-hydrogen) atoms. The van der Waals surface area contributed by atoms with Crippen molar-refractivity contribution in [1.29, 1.82) is 0 Å². The minimum atomic E-state index is -4.56.